The second-order valence-electron chi connectivity index (χ2n) is 3.72. The molecular weight excluding hydrogens is 212 g/mol. The predicted octanol–water partition coefficient (Wildman–Crippen LogP) is 2.87. The van der Waals surface area contributed by atoms with Gasteiger partial charge in [-0.3, -0.25) is 4.98 Å². The van der Waals surface area contributed by atoms with Crippen molar-refractivity contribution in [3.8, 4) is 0 Å². The van der Waals surface area contributed by atoms with Crippen LogP contribution in [0, 0.1) is 0 Å². The SMILES string of the molecule is CCc1ccnc(/C(=N\O)c2ccccc2)c1. The molecule has 3 heteroatoms. The van der Waals surface area contributed by atoms with Crippen LogP contribution in [-0.2, 0) is 6.42 Å². The van der Waals surface area contributed by atoms with Crippen LogP contribution in [0.4, 0.5) is 0 Å². The number of hydrogen-bond donors (Lipinski definition) is 1. The van der Waals surface area contributed by atoms with Crippen LogP contribution < -0.4 is 0 Å². The molecule has 1 aromatic carbocycles. The molecule has 0 saturated carbocycles. The van der Waals surface area contributed by atoms with Crippen molar-refractivity contribution >= 4 is 5.71 Å². The number of aromatic nitrogens is 1. The van der Waals surface area contributed by atoms with Gasteiger partial charge in [0.15, 0.2) is 0 Å². The van der Waals surface area contributed by atoms with Gasteiger partial charge in [0.1, 0.15) is 5.71 Å². The molecule has 0 saturated heterocycles. The van der Waals surface area contributed by atoms with Crippen LogP contribution >= 0.6 is 0 Å². The van der Waals surface area contributed by atoms with Crippen molar-refractivity contribution in [1.82, 2.24) is 4.98 Å². The lowest BCUT2D eigenvalue weighted by atomic mass is 10.1. The Kier molecular flexibility index (Phi) is 3.50. The minimum absolute atomic E-state index is 0.501. The predicted molar refractivity (Wildman–Crippen MR) is 67.5 cm³/mol. The van der Waals surface area contributed by atoms with Gasteiger partial charge < -0.3 is 5.21 Å². The highest BCUT2D eigenvalue weighted by atomic mass is 16.4. The summed E-state index contributed by atoms with van der Waals surface area (Å²) in [5.41, 5.74) is 3.22. The van der Waals surface area contributed by atoms with Crippen molar-refractivity contribution in [2.24, 2.45) is 5.16 Å². The van der Waals surface area contributed by atoms with Crippen molar-refractivity contribution in [3.63, 3.8) is 0 Å². The molecular formula is C14H14N2O. The number of aryl methyl sites for hydroxylation is 1. The molecule has 0 radical (unpaired) electrons. The van der Waals surface area contributed by atoms with Crippen LogP contribution in [0.25, 0.3) is 0 Å². The Balaban J connectivity index is 2.43. The molecule has 2 aromatic rings. The normalized spacial score (nSPS) is 11.5. The fourth-order valence-corrected chi connectivity index (χ4v) is 1.68. The first kappa shape index (κ1) is 11.3. The lowest BCUT2D eigenvalue weighted by molar-refractivity contribution is 0.319. The zero-order valence-electron chi connectivity index (χ0n) is 9.67. The second kappa shape index (κ2) is 5.25. The Labute approximate surface area is 100 Å². The summed E-state index contributed by atoms with van der Waals surface area (Å²) in [6.07, 6.45) is 2.67. The molecule has 17 heavy (non-hydrogen) atoms. The van der Waals surface area contributed by atoms with Gasteiger partial charge in [0.05, 0.1) is 5.69 Å². The molecule has 2 rings (SSSR count). The molecule has 3 nitrogen and oxygen atoms in total. The van der Waals surface area contributed by atoms with E-state index in [-0.39, 0.29) is 0 Å². The summed E-state index contributed by atoms with van der Waals surface area (Å²) >= 11 is 0. The van der Waals surface area contributed by atoms with Crippen molar-refractivity contribution in [3.05, 3.63) is 65.5 Å². The van der Waals surface area contributed by atoms with Crippen molar-refractivity contribution in [1.29, 1.82) is 0 Å². The van der Waals surface area contributed by atoms with E-state index in [0.29, 0.717) is 11.4 Å². The van der Waals surface area contributed by atoms with E-state index in [0.717, 1.165) is 12.0 Å². The first-order chi connectivity index (χ1) is 8.35. The number of nitrogens with zero attached hydrogens (tertiary/aromatic N) is 2. The molecule has 0 aliphatic heterocycles. The molecule has 0 atom stereocenters. The van der Waals surface area contributed by atoms with Gasteiger partial charge in [-0.25, -0.2) is 0 Å². The third-order valence-electron chi connectivity index (χ3n) is 2.62. The van der Waals surface area contributed by atoms with Gasteiger partial charge in [-0.1, -0.05) is 42.4 Å². The van der Waals surface area contributed by atoms with Crippen LogP contribution in [0.15, 0.2) is 53.8 Å². The minimum Gasteiger partial charge on any atom is -0.410 e. The van der Waals surface area contributed by atoms with E-state index in [1.807, 2.05) is 42.5 Å². The molecule has 1 aromatic heterocycles. The lowest BCUT2D eigenvalue weighted by Crippen LogP contribution is -2.06. The van der Waals surface area contributed by atoms with Gasteiger partial charge >= 0.3 is 0 Å². The molecule has 0 amide bonds. The summed E-state index contributed by atoms with van der Waals surface area (Å²) in [5.74, 6) is 0. The maximum atomic E-state index is 9.14. The van der Waals surface area contributed by atoms with Gasteiger partial charge in [-0.2, -0.15) is 0 Å². The van der Waals surface area contributed by atoms with Crippen LogP contribution in [0.3, 0.4) is 0 Å². The van der Waals surface area contributed by atoms with Gasteiger partial charge in [0, 0.05) is 11.8 Å². The highest BCUT2D eigenvalue weighted by molar-refractivity contribution is 6.11. The molecule has 0 bridgehead atoms. The molecule has 0 spiro atoms. The molecule has 86 valence electrons. The summed E-state index contributed by atoms with van der Waals surface area (Å²) in [7, 11) is 0. The van der Waals surface area contributed by atoms with E-state index < -0.39 is 0 Å². The number of oxime groups is 1. The monoisotopic (exact) mass is 226 g/mol. The first-order valence-electron chi connectivity index (χ1n) is 5.58. The maximum Gasteiger partial charge on any atom is 0.135 e. The first-order valence-corrected chi connectivity index (χ1v) is 5.58. The smallest absolute Gasteiger partial charge is 0.135 e. The number of pyridine rings is 1. The van der Waals surface area contributed by atoms with Crippen LogP contribution in [0.1, 0.15) is 23.7 Å². The minimum atomic E-state index is 0.501. The number of rotatable bonds is 3. The third kappa shape index (κ3) is 2.50. The largest absolute Gasteiger partial charge is 0.410 e. The Bertz CT molecular complexity index is 521. The van der Waals surface area contributed by atoms with E-state index in [9.17, 15) is 0 Å². The topological polar surface area (TPSA) is 45.5 Å². The highest BCUT2D eigenvalue weighted by Gasteiger charge is 2.08. The Hall–Kier alpha value is -2.16. The van der Waals surface area contributed by atoms with E-state index in [1.165, 1.54) is 5.56 Å². The van der Waals surface area contributed by atoms with Crippen molar-refractivity contribution in [2.45, 2.75) is 13.3 Å². The molecule has 0 aliphatic carbocycles. The van der Waals surface area contributed by atoms with Crippen LogP contribution in [0.5, 0.6) is 0 Å². The fraction of sp³-hybridized carbons (Fsp3) is 0.143. The molecule has 1 heterocycles. The molecule has 0 aliphatic rings. The Morgan fingerprint density at radius 3 is 2.65 bits per heavy atom. The summed E-state index contributed by atoms with van der Waals surface area (Å²) in [6, 6.07) is 13.4. The zero-order chi connectivity index (χ0) is 12.1. The van der Waals surface area contributed by atoms with Gasteiger partial charge in [0.2, 0.25) is 0 Å². The average molecular weight is 226 g/mol. The summed E-state index contributed by atoms with van der Waals surface area (Å²) in [4.78, 5) is 4.24. The van der Waals surface area contributed by atoms with Gasteiger partial charge in [-0.05, 0) is 24.1 Å². The van der Waals surface area contributed by atoms with E-state index in [1.54, 1.807) is 6.20 Å². The summed E-state index contributed by atoms with van der Waals surface area (Å²) in [6.45, 7) is 2.08. The van der Waals surface area contributed by atoms with E-state index in [2.05, 4.69) is 17.1 Å². The Morgan fingerprint density at radius 1 is 1.24 bits per heavy atom. The van der Waals surface area contributed by atoms with Crippen LogP contribution in [0.2, 0.25) is 0 Å². The van der Waals surface area contributed by atoms with Gasteiger partial charge in [-0.15, -0.1) is 0 Å². The quantitative estimate of drug-likeness (QED) is 0.497. The maximum absolute atomic E-state index is 9.14. The highest BCUT2D eigenvalue weighted by Crippen LogP contribution is 2.10. The van der Waals surface area contributed by atoms with Crippen molar-refractivity contribution in [2.75, 3.05) is 0 Å². The third-order valence-corrected chi connectivity index (χ3v) is 2.62. The average Bonchev–Trinajstić information content (AvgIpc) is 2.41. The molecule has 1 N–H and O–H groups in total. The fourth-order valence-electron chi connectivity index (χ4n) is 1.68. The number of hydrogen-bond acceptors (Lipinski definition) is 3. The van der Waals surface area contributed by atoms with Crippen LogP contribution in [-0.4, -0.2) is 15.9 Å². The Morgan fingerprint density at radius 2 is 2.00 bits per heavy atom. The van der Waals surface area contributed by atoms with Crippen molar-refractivity contribution < 1.29 is 5.21 Å². The second-order valence-corrected chi connectivity index (χ2v) is 3.72. The summed E-state index contributed by atoms with van der Waals surface area (Å²) in [5, 5.41) is 12.5. The summed E-state index contributed by atoms with van der Waals surface area (Å²) < 4.78 is 0. The standard InChI is InChI=1S/C14H14N2O/c1-2-11-8-9-15-13(10-11)14(16-17)12-6-4-3-5-7-12/h3-10,17H,2H2,1H3/b16-14-. The van der Waals surface area contributed by atoms with E-state index >= 15 is 0 Å². The zero-order valence-corrected chi connectivity index (χ0v) is 9.67. The molecule has 0 unspecified atom stereocenters. The number of benzene rings is 1. The van der Waals surface area contributed by atoms with Gasteiger partial charge in [0.25, 0.3) is 0 Å². The molecule has 0 fully saturated rings. The lowest BCUT2D eigenvalue weighted by Gasteiger charge is -2.05. The van der Waals surface area contributed by atoms with E-state index in [4.69, 9.17) is 5.21 Å².